The third kappa shape index (κ3) is 2.81. The van der Waals surface area contributed by atoms with E-state index in [4.69, 9.17) is 0 Å². The Hall–Kier alpha value is -1.14. The first kappa shape index (κ1) is 13.3. The van der Waals surface area contributed by atoms with Gasteiger partial charge in [-0.2, -0.15) is 0 Å². The zero-order valence-electron chi connectivity index (χ0n) is 11.0. The molecule has 1 saturated heterocycles. The fraction of sp³-hybridized carbons (Fsp3) is 0.667. The van der Waals surface area contributed by atoms with E-state index in [-0.39, 0.29) is 6.03 Å². The van der Waals surface area contributed by atoms with Gasteiger partial charge in [0.2, 0.25) is 0 Å². The summed E-state index contributed by atoms with van der Waals surface area (Å²) in [6.45, 7) is 9.69. The van der Waals surface area contributed by atoms with Gasteiger partial charge >= 0.3 is 6.03 Å². The summed E-state index contributed by atoms with van der Waals surface area (Å²) in [5.41, 5.74) is 0. The lowest BCUT2D eigenvalue weighted by molar-refractivity contribution is 0.207. The van der Waals surface area contributed by atoms with Crippen LogP contribution in [0.15, 0.2) is 11.6 Å². The SMILES string of the molecule is CCN(CC)CCN1CCN(c2nccs2)C1=O. The summed E-state index contributed by atoms with van der Waals surface area (Å²) >= 11 is 1.52. The Morgan fingerprint density at radius 2 is 2.17 bits per heavy atom. The van der Waals surface area contributed by atoms with Gasteiger partial charge in [0.1, 0.15) is 0 Å². The Kier molecular flexibility index (Phi) is 4.54. The molecule has 100 valence electrons. The predicted molar refractivity (Wildman–Crippen MR) is 74.2 cm³/mol. The lowest BCUT2D eigenvalue weighted by atomic mass is 10.4. The summed E-state index contributed by atoms with van der Waals surface area (Å²) in [7, 11) is 0. The standard InChI is InChI=1S/C12H20N4OS/c1-3-14(4-2)6-7-15-8-9-16(12(15)17)11-13-5-10-18-11/h5,10H,3-4,6-9H2,1-2H3. The molecule has 6 heteroatoms. The van der Waals surface area contributed by atoms with Gasteiger partial charge in [-0.3, -0.25) is 4.90 Å². The summed E-state index contributed by atoms with van der Waals surface area (Å²) in [5.74, 6) is 0. The molecule has 2 heterocycles. The summed E-state index contributed by atoms with van der Waals surface area (Å²) in [4.78, 5) is 22.4. The number of carbonyl (C=O) groups excluding carboxylic acids is 1. The predicted octanol–water partition coefficient (Wildman–Crippen LogP) is 1.73. The van der Waals surface area contributed by atoms with Crippen LogP contribution in [0.5, 0.6) is 0 Å². The monoisotopic (exact) mass is 268 g/mol. The van der Waals surface area contributed by atoms with E-state index in [1.807, 2.05) is 10.3 Å². The van der Waals surface area contributed by atoms with Crippen molar-refractivity contribution in [3.05, 3.63) is 11.6 Å². The highest BCUT2D eigenvalue weighted by atomic mass is 32.1. The minimum atomic E-state index is 0.0945. The van der Waals surface area contributed by atoms with Crippen molar-refractivity contribution in [1.82, 2.24) is 14.8 Å². The molecular formula is C12H20N4OS. The third-order valence-electron chi connectivity index (χ3n) is 3.33. The number of thiazole rings is 1. The first-order chi connectivity index (χ1) is 8.76. The van der Waals surface area contributed by atoms with Gasteiger partial charge in [0.15, 0.2) is 5.13 Å². The van der Waals surface area contributed by atoms with E-state index in [0.717, 1.165) is 44.4 Å². The molecule has 0 radical (unpaired) electrons. The Morgan fingerprint density at radius 3 is 2.78 bits per heavy atom. The molecule has 0 bridgehead atoms. The zero-order valence-corrected chi connectivity index (χ0v) is 11.8. The van der Waals surface area contributed by atoms with Crippen molar-refractivity contribution in [2.45, 2.75) is 13.8 Å². The Balaban J connectivity index is 1.88. The molecule has 18 heavy (non-hydrogen) atoms. The van der Waals surface area contributed by atoms with Crippen molar-refractivity contribution in [2.24, 2.45) is 0 Å². The summed E-state index contributed by atoms with van der Waals surface area (Å²) < 4.78 is 0. The second-order valence-electron chi connectivity index (χ2n) is 4.26. The van der Waals surface area contributed by atoms with E-state index >= 15 is 0 Å². The molecule has 1 aliphatic heterocycles. The van der Waals surface area contributed by atoms with E-state index < -0.39 is 0 Å². The number of hydrogen-bond donors (Lipinski definition) is 0. The molecule has 0 N–H and O–H groups in total. The van der Waals surface area contributed by atoms with Gasteiger partial charge in [-0.15, -0.1) is 11.3 Å². The van der Waals surface area contributed by atoms with Gasteiger partial charge in [0.05, 0.1) is 0 Å². The van der Waals surface area contributed by atoms with Gasteiger partial charge in [-0.1, -0.05) is 13.8 Å². The fourth-order valence-corrected chi connectivity index (χ4v) is 2.78. The smallest absolute Gasteiger partial charge is 0.321 e. The number of aromatic nitrogens is 1. The largest absolute Gasteiger partial charge is 0.326 e. The second-order valence-corrected chi connectivity index (χ2v) is 5.14. The van der Waals surface area contributed by atoms with Crippen molar-refractivity contribution in [3.63, 3.8) is 0 Å². The lowest BCUT2D eigenvalue weighted by Crippen LogP contribution is -2.38. The highest BCUT2D eigenvalue weighted by Gasteiger charge is 2.30. The average Bonchev–Trinajstić information content (AvgIpc) is 3.01. The Morgan fingerprint density at radius 1 is 1.39 bits per heavy atom. The maximum absolute atomic E-state index is 12.2. The normalized spacial score (nSPS) is 16.1. The van der Waals surface area contributed by atoms with E-state index in [2.05, 4.69) is 23.7 Å². The Bertz CT molecular complexity index is 377. The lowest BCUT2D eigenvalue weighted by Gasteiger charge is -2.22. The first-order valence-electron chi connectivity index (χ1n) is 6.44. The zero-order chi connectivity index (χ0) is 13.0. The molecule has 0 aliphatic carbocycles. The number of hydrogen-bond acceptors (Lipinski definition) is 4. The van der Waals surface area contributed by atoms with Crippen LogP contribution in [0.4, 0.5) is 9.93 Å². The van der Waals surface area contributed by atoms with Crippen molar-refractivity contribution in [1.29, 1.82) is 0 Å². The molecule has 5 nitrogen and oxygen atoms in total. The molecular weight excluding hydrogens is 248 g/mol. The van der Waals surface area contributed by atoms with Gasteiger partial charge in [0, 0.05) is 37.8 Å². The highest BCUT2D eigenvalue weighted by molar-refractivity contribution is 7.13. The third-order valence-corrected chi connectivity index (χ3v) is 4.12. The van der Waals surface area contributed by atoms with Crippen LogP contribution >= 0.6 is 11.3 Å². The van der Waals surface area contributed by atoms with Crippen LogP contribution in [0.1, 0.15) is 13.8 Å². The highest BCUT2D eigenvalue weighted by Crippen LogP contribution is 2.22. The van der Waals surface area contributed by atoms with Crippen LogP contribution in [-0.2, 0) is 0 Å². The quantitative estimate of drug-likeness (QED) is 0.789. The van der Waals surface area contributed by atoms with Crippen LogP contribution in [0, 0.1) is 0 Å². The van der Waals surface area contributed by atoms with Gasteiger partial charge in [0.25, 0.3) is 0 Å². The number of nitrogens with zero attached hydrogens (tertiary/aromatic N) is 4. The molecule has 0 saturated carbocycles. The molecule has 0 aromatic carbocycles. The number of carbonyl (C=O) groups is 1. The molecule has 1 fully saturated rings. The topological polar surface area (TPSA) is 39.7 Å². The molecule has 1 aromatic rings. The fourth-order valence-electron chi connectivity index (χ4n) is 2.12. The van der Waals surface area contributed by atoms with Gasteiger partial charge in [-0.25, -0.2) is 9.78 Å². The number of urea groups is 1. The molecule has 0 unspecified atom stereocenters. The van der Waals surface area contributed by atoms with Crippen molar-refractivity contribution < 1.29 is 4.79 Å². The van der Waals surface area contributed by atoms with E-state index in [0.29, 0.717) is 0 Å². The number of likely N-dealkylation sites (N-methyl/N-ethyl adjacent to an activating group) is 1. The van der Waals surface area contributed by atoms with Gasteiger partial charge in [-0.05, 0) is 13.1 Å². The second kappa shape index (κ2) is 6.15. The van der Waals surface area contributed by atoms with Crippen LogP contribution in [0.3, 0.4) is 0 Å². The van der Waals surface area contributed by atoms with Gasteiger partial charge < -0.3 is 9.80 Å². The first-order valence-corrected chi connectivity index (χ1v) is 7.32. The maximum Gasteiger partial charge on any atom is 0.326 e. The summed E-state index contributed by atoms with van der Waals surface area (Å²) in [6.07, 6.45) is 1.74. The number of amides is 2. The van der Waals surface area contributed by atoms with Crippen LogP contribution in [-0.4, -0.2) is 60.1 Å². The van der Waals surface area contributed by atoms with Crippen molar-refractivity contribution >= 4 is 22.5 Å². The maximum atomic E-state index is 12.2. The van der Waals surface area contributed by atoms with E-state index in [9.17, 15) is 4.79 Å². The van der Waals surface area contributed by atoms with E-state index in [1.54, 1.807) is 11.1 Å². The van der Waals surface area contributed by atoms with Crippen LogP contribution < -0.4 is 4.90 Å². The van der Waals surface area contributed by atoms with Crippen LogP contribution in [0.25, 0.3) is 0 Å². The minimum Gasteiger partial charge on any atom is -0.321 e. The molecule has 0 spiro atoms. The Labute approximate surface area is 112 Å². The van der Waals surface area contributed by atoms with Crippen molar-refractivity contribution in [3.8, 4) is 0 Å². The van der Waals surface area contributed by atoms with E-state index in [1.165, 1.54) is 11.3 Å². The molecule has 1 aliphatic rings. The average molecular weight is 268 g/mol. The van der Waals surface area contributed by atoms with Crippen LogP contribution in [0.2, 0.25) is 0 Å². The summed E-state index contributed by atoms with van der Waals surface area (Å²) in [5, 5.41) is 2.71. The summed E-state index contributed by atoms with van der Waals surface area (Å²) in [6, 6.07) is 0.0945. The minimum absolute atomic E-state index is 0.0945. The molecule has 2 amide bonds. The number of anilines is 1. The molecule has 1 aromatic heterocycles. The number of rotatable bonds is 6. The molecule has 2 rings (SSSR count). The van der Waals surface area contributed by atoms with Crippen molar-refractivity contribution in [2.75, 3.05) is 44.2 Å². The molecule has 0 atom stereocenters.